The number of nitrogens with one attached hydrogen (secondary N) is 3. The van der Waals surface area contributed by atoms with Crippen LogP contribution in [0.4, 0.5) is 5.69 Å². The van der Waals surface area contributed by atoms with Crippen LogP contribution < -0.4 is 20.9 Å². The highest BCUT2D eigenvalue weighted by molar-refractivity contribution is 14.0. The summed E-state index contributed by atoms with van der Waals surface area (Å²) in [6.07, 6.45) is 0. The maximum absolute atomic E-state index is 11.6. The molecule has 0 radical (unpaired) electrons. The fourth-order valence-corrected chi connectivity index (χ4v) is 3.89. The zero-order valence-electron chi connectivity index (χ0n) is 17.0. The molecule has 1 amide bonds. The maximum atomic E-state index is 11.6. The van der Waals surface area contributed by atoms with Gasteiger partial charge in [0.1, 0.15) is 0 Å². The molecule has 1 aromatic carbocycles. The van der Waals surface area contributed by atoms with Gasteiger partial charge in [0.15, 0.2) is 5.96 Å². The number of guanidine groups is 1. The fraction of sp³-hybridized carbons (Fsp3) is 0.429. The van der Waals surface area contributed by atoms with Gasteiger partial charge >= 0.3 is 0 Å². The van der Waals surface area contributed by atoms with E-state index in [0.717, 1.165) is 36.8 Å². The number of hydrogen-bond donors (Lipinski definition) is 3. The lowest BCUT2D eigenvalue weighted by molar-refractivity contribution is -0.120. The van der Waals surface area contributed by atoms with Gasteiger partial charge in [-0.3, -0.25) is 4.79 Å². The van der Waals surface area contributed by atoms with Crippen molar-refractivity contribution in [2.75, 3.05) is 37.6 Å². The number of amides is 1. The largest absolute Gasteiger partial charge is 0.360 e. The molecule has 1 aliphatic rings. The molecule has 1 aliphatic heterocycles. The molecule has 2 aromatic rings. The smallest absolute Gasteiger partial charge is 0.239 e. The van der Waals surface area contributed by atoms with E-state index in [1.165, 1.54) is 5.56 Å². The van der Waals surface area contributed by atoms with Crippen LogP contribution in [0.15, 0.2) is 46.1 Å². The summed E-state index contributed by atoms with van der Waals surface area (Å²) in [5.41, 5.74) is 3.58. The van der Waals surface area contributed by atoms with Gasteiger partial charge in [0.2, 0.25) is 5.91 Å². The van der Waals surface area contributed by atoms with Crippen molar-refractivity contribution < 1.29 is 4.79 Å². The number of halogens is 1. The first kappa shape index (κ1) is 23.5. The number of nitrogens with zero attached hydrogens (tertiary/aromatic N) is 2. The minimum absolute atomic E-state index is 0. The molecule has 1 fully saturated rings. The van der Waals surface area contributed by atoms with Gasteiger partial charge in [-0.05, 0) is 52.9 Å². The van der Waals surface area contributed by atoms with E-state index in [-0.39, 0.29) is 29.9 Å². The van der Waals surface area contributed by atoms with E-state index < -0.39 is 0 Å². The predicted molar refractivity (Wildman–Crippen MR) is 133 cm³/mol. The van der Waals surface area contributed by atoms with Crippen molar-refractivity contribution in [3.8, 4) is 0 Å². The molecular formula is C21H30IN5OS. The second-order valence-electron chi connectivity index (χ2n) is 6.97. The average molecular weight is 527 g/mol. The van der Waals surface area contributed by atoms with Gasteiger partial charge in [-0.2, -0.15) is 11.3 Å². The van der Waals surface area contributed by atoms with Crippen molar-refractivity contribution in [1.82, 2.24) is 16.0 Å². The number of hydrogen-bond acceptors (Lipinski definition) is 4. The molecule has 0 spiro atoms. The van der Waals surface area contributed by atoms with Gasteiger partial charge in [0.25, 0.3) is 0 Å². The van der Waals surface area contributed by atoms with E-state index in [4.69, 9.17) is 4.99 Å². The normalized spacial score (nSPS) is 15.3. The van der Waals surface area contributed by atoms with Gasteiger partial charge in [0.05, 0.1) is 13.1 Å². The zero-order valence-corrected chi connectivity index (χ0v) is 20.1. The van der Waals surface area contributed by atoms with Crippen molar-refractivity contribution in [1.29, 1.82) is 0 Å². The summed E-state index contributed by atoms with van der Waals surface area (Å²) < 4.78 is 0. The molecule has 158 valence electrons. The second-order valence-corrected chi connectivity index (χ2v) is 7.75. The van der Waals surface area contributed by atoms with Crippen LogP contribution >= 0.6 is 35.3 Å². The van der Waals surface area contributed by atoms with E-state index in [0.29, 0.717) is 25.6 Å². The van der Waals surface area contributed by atoms with Crippen molar-refractivity contribution in [3.05, 3.63) is 52.2 Å². The molecule has 0 aliphatic carbocycles. The summed E-state index contributed by atoms with van der Waals surface area (Å²) in [5, 5.41) is 13.9. The van der Waals surface area contributed by atoms with Crippen LogP contribution in [-0.4, -0.2) is 44.6 Å². The van der Waals surface area contributed by atoms with Gasteiger partial charge in [-0.25, -0.2) is 4.99 Å². The number of thiophene rings is 1. The molecule has 6 nitrogen and oxygen atoms in total. The highest BCUT2D eigenvalue weighted by Gasteiger charge is 2.16. The molecule has 1 atom stereocenters. The number of carbonyl (C=O) groups is 1. The predicted octanol–water partition coefficient (Wildman–Crippen LogP) is 3.16. The molecule has 0 saturated carbocycles. The SMILES string of the molecule is CCNC(=NCc1ccc(N2CCNC(=O)C2)cc1)NCC(C)c1ccsc1.I. The van der Waals surface area contributed by atoms with E-state index in [9.17, 15) is 4.79 Å². The van der Waals surface area contributed by atoms with Crippen molar-refractivity contribution >= 4 is 52.9 Å². The number of carbonyl (C=O) groups excluding carboxylic acids is 1. The first-order valence-electron chi connectivity index (χ1n) is 9.80. The van der Waals surface area contributed by atoms with Gasteiger partial charge < -0.3 is 20.9 Å². The second kappa shape index (κ2) is 12.0. The first-order valence-corrected chi connectivity index (χ1v) is 10.7. The highest BCUT2D eigenvalue weighted by atomic mass is 127. The minimum Gasteiger partial charge on any atom is -0.360 e. The number of rotatable bonds is 7. The summed E-state index contributed by atoms with van der Waals surface area (Å²) in [6, 6.07) is 10.5. The van der Waals surface area contributed by atoms with Crippen molar-refractivity contribution in [2.45, 2.75) is 26.3 Å². The Kier molecular flexibility index (Phi) is 9.72. The highest BCUT2D eigenvalue weighted by Crippen LogP contribution is 2.18. The maximum Gasteiger partial charge on any atom is 0.239 e. The Hall–Kier alpha value is -1.81. The number of piperazine rings is 1. The molecule has 0 bridgehead atoms. The van der Waals surface area contributed by atoms with Crippen molar-refractivity contribution in [2.24, 2.45) is 4.99 Å². The Morgan fingerprint density at radius 1 is 1.28 bits per heavy atom. The quantitative estimate of drug-likeness (QED) is 0.294. The Balaban J connectivity index is 0.00000300. The molecule has 29 heavy (non-hydrogen) atoms. The van der Waals surface area contributed by atoms with Crippen LogP contribution in [0.2, 0.25) is 0 Å². The Bertz CT molecular complexity index is 779. The Morgan fingerprint density at radius 2 is 2.07 bits per heavy atom. The van der Waals surface area contributed by atoms with Crippen molar-refractivity contribution in [3.63, 3.8) is 0 Å². The average Bonchev–Trinajstić information content (AvgIpc) is 3.25. The molecule has 3 N–H and O–H groups in total. The lowest BCUT2D eigenvalue weighted by atomic mass is 10.1. The topological polar surface area (TPSA) is 68.8 Å². The lowest BCUT2D eigenvalue weighted by Crippen LogP contribution is -2.47. The van der Waals surface area contributed by atoms with Crippen LogP contribution in [0.5, 0.6) is 0 Å². The number of benzene rings is 1. The monoisotopic (exact) mass is 527 g/mol. The fourth-order valence-electron chi connectivity index (χ4n) is 3.11. The van der Waals surface area contributed by atoms with Gasteiger partial charge in [-0.1, -0.05) is 19.1 Å². The number of aliphatic imine (C=N–C) groups is 1. The zero-order chi connectivity index (χ0) is 19.8. The van der Waals surface area contributed by atoms with E-state index >= 15 is 0 Å². The molecule has 1 unspecified atom stereocenters. The molecule has 1 aromatic heterocycles. The third-order valence-electron chi connectivity index (χ3n) is 4.79. The molecular weight excluding hydrogens is 497 g/mol. The summed E-state index contributed by atoms with van der Waals surface area (Å²) in [5.74, 6) is 1.36. The van der Waals surface area contributed by atoms with E-state index in [1.54, 1.807) is 11.3 Å². The number of anilines is 1. The third-order valence-corrected chi connectivity index (χ3v) is 5.49. The Morgan fingerprint density at radius 3 is 2.72 bits per heavy atom. The molecule has 2 heterocycles. The summed E-state index contributed by atoms with van der Waals surface area (Å²) in [7, 11) is 0. The molecule has 1 saturated heterocycles. The minimum atomic E-state index is 0. The lowest BCUT2D eigenvalue weighted by Gasteiger charge is -2.28. The van der Waals surface area contributed by atoms with Gasteiger partial charge in [-0.15, -0.1) is 24.0 Å². The van der Waals surface area contributed by atoms with E-state index in [1.807, 2.05) is 0 Å². The van der Waals surface area contributed by atoms with Gasteiger partial charge in [0, 0.05) is 31.9 Å². The standard InChI is InChI=1S/C21H29N5OS.HI/c1-3-22-21(24-12-16(2)18-8-11-28-15-18)25-13-17-4-6-19(7-5-17)26-10-9-23-20(27)14-26;/h4-8,11,15-16H,3,9-10,12-14H2,1-2H3,(H,23,27)(H2,22,24,25);1H. The van der Waals surface area contributed by atoms with Crippen LogP contribution in [0.1, 0.15) is 30.9 Å². The van der Waals surface area contributed by atoms with Crippen LogP contribution in [0.25, 0.3) is 0 Å². The molecule has 8 heteroatoms. The summed E-state index contributed by atoms with van der Waals surface area (Å²) >= 11 is 1.73. The first-order chi connectivity index (χ1) is 13.7. The summed E-state index contributed by atoms with van der Waals surface area (Å²) in [4.78, 5) is 18.4. The van der Waals surface area contributed by atoms with Crippen LogP contribution in [0, 0.1) is 0 Å². The summed E-state index contributed by atoms with van der Waals surface area (Å²) in [6.45, 7) is 8.55. The van der Waals surface area contributed by atoms with E-state index in [2.05, 4.69) is 75.8 Å². The molecule has 3 rings (SSSR count). The third kappa shape index (κ3) is 7.18. The van der Waals surface area contributed by atoms with Crippen LogP contribution in [-0.2, 0) is 11.3 Å². The van der Waals surface area contributed by atoms with Crippen LogP contribution in [0.3, 0.4) is 0 Å². The Labute approximate surface area is 194 Å².